The van der Waals surface area contributed by atoms with Gasteiger partial charge in [0.25, 0.3) is 0 Å². The number of benzene rings is 1. The lowest BCUT2D eigenvalue weighted by atomic mass is 10.0. The van der Waals surface area contributed by atoms with E-state index in [1.54, 1.807) is 0 Å². The lowest BCUT2D eigenvalue weighted by molar-refractivity contribution is 0.210. The van der Waals surface area contributed by atoms with Crippen molar-refractivity contribution in [1.82, 2.24) is 10.2 Å². The highest BCUT2D eigenvalue weighted by atomic mass is 35.5. The molecule has 114 valence electrons. The Kier molecular flexibility index (Phi) is 8.20. The molecule has 0 saturated heterocycles. The van der Waals surface area contributed by atoms with Gasteiger partial charge in [-0.2, -0.15) is 0 Å². The van der Waals surface area contributed by atoms with Crippen molar-refractivity contribution in [3.8, 4) is 0 Å². The van der Waals surface area contributed by atoms with Gasteiger partial charge in [-0.05, 0) is 51.4 Å². The molecule has 1 N–H and O–H groups in total. The number of halogens is 1. The number of nitrogens with zero attached hydrogens (tertiary/aromatic N) is 1. The highest BCUT2D eigenvalue weighted by Crippen LogP contribution is 2.25. The maximum atomic E-state index is 6.34. The second-order valence-electron chi connectivity index (χ2n) is 5.55. The second-order valence-corrected chi connectivity index (χ2v) is 5.96. The largest absolute Gasteiger partial charge is 0.310 e. The van der Waals surface area contributed by atoms with Gasteiger partial charge in [-0.15, -0.1) is 0 Å². The fourth-order valence-electron chi connectivity index (χ4n) is 2.58. The number of rotatable bonds is 9. The van der Waals surface area contributed by atoms with Crippen LogP contribution in [0.3, 0.4) is 0 Å². The van der Waals surface area contributed by atoms with Crippen molar-refractivity contribution < 1.29 is 0 Å². The lowest BCUT2D eigenvalue weighted by Gasteiger charge is -2.28. The molecule has 0 aliphatic carbocycles. The monoisotopic (exact) mass is 296 g/mol. The van der Waals surface area contributed by atoms with Crippen LogP contribution in [0.5, 0.6) is 0 Å². The zero-order valence-electron chi connectivity index (χ0n) is 13.3. The van der Waals surface area contributed by atoms with Crippen molar-refractivity contribution in [3.05, 3.63) is 34.9 Å². The van der Waals surface area contributed by atoms with E-state index in [4.69, 9.17) is 11.6 Å². The molecule has 2 nitrogen and oxygen atoms in total. The number of hydrogen-bond donors (Lipinski definition) is 1. The van der Waals surface area contributed by atoms with Gasteiger partial charge >= 0.3 is 0 Å². The third-order valence-corrected chi connectivity index (χ3v) is 4.02. The van der Waals surface area contributed by atoms with Gasteiger partial charge in [0.15, 0.2) is 0 Å². The Morgan fingerprint density at radius 3 is 2.40 bits per heavy atom. The Hall–Kier alpha value is -0.570. The smallest absolute Gasteiger partial charge is 0.0453 e. The standard InChI is InChI=1S/C17H29ClN2/c1-5-12-20(14(3)4)13-11-17(19-6-2)15-9-7-8-10-16(15)18/h7-10,14,17,19H,5-6,11-13H2,1-4H3. The third kappa shape index (κ3) is 5.43. The van der Waals surface area contributed by atoms with Crippen LogP contribution in [0.15, 0.2) is 24.3 Å². The minimum absolute atomic E-state index is 0.340. The Morgan fingerprint density at radius 2 is 1.85 bits per heavy atom. The molecule has 0 amide bonds. The summed E-state index contributed by atoms with van der Waals surface area (Å²) in [6.45, 7) is 12.2. The van der Waals surface area contributed by atoms with E-state index in [2.05, 4.69) is 50.0 Å². The van der Waals surface area contributed by atoms with Crippen LogP contribution >= 0.6 is 11.6 Å². The molecule has 20 heavy (non-hydrogen) atoms. The van der Waals surface area contributed by atoms with Crippen LogP contribution < -0.4 is 5.32 Å². The SMILES string of the molecule is CCCN(CCC(NCC)c1ccccc1Cl)C(C)C. The van der Waals surface area contributed by atoms with E-state index in [0.29, 0.717) is 12.1 Å². The van der Waals surface area contributed by atoms with Crippen molar-refractivity contribution >= 4 is 11.6 Å². The first kappa shape index (κ1) is 17.5. The number of nitrogens with one attached hydrogen (secondary N) is 1. The lowest BCUT2D eigenvalue weighted by Crippen LogP contribution is -2.35. The van der Waals surface area contributed by atoms with E-state index >= 15 is 0 Å². The van der Waals surface area contributed by atoms with Crippen LogP contribution in [0.25, 0.3) is 0 Å². The van der Waals surface area contributed by atoms with Crippen LogP contribution in [0.1, 0.15) is 52.1 Å². The van der Waals surface area contributed by atoms with Crippen LogP contribution in [0, 0.1) is 0 Å². The summed E-state index contributed by atoms with van der Waals surface area (Å²) in [7, 11) is 0. The predicted molar refractivity (Wildman–Crippen MR) is 89.5 cm³/mol. The highest BCUT2D eigenvalue weighted by Gasteiger charge is 2.16. The molecule has 0 radical (unpaired) electrons. The molecule has 1 aromatic carbocycles. The van der Waals surface area contributed by atoms with Crippen molar-refractivity contribution in [2.75, 3.05) is 19.6 Å². The maximum absolute atomic E-state index is 6.34. The van der Waals surface area contributed by atoms with Crippen molar-refractivity contribution in [1.29, 1.82) is 0 Å². The number of hydrogen-bond acceptors (Lipinski definition) is 2. The van der Waals surface area contributed by atoms with Crippen molar-refractivity contribution in [2.24, 2.45) is 0 Å². The van der Waals surface area contributed by atoms with Gasteiger partial charge in [0.2, 0.25) is 0 Å². The van der Waals surface area contributed by atoms with Crippen molar-refractivity contribution in [3.63, 3.8) is 0 Å². The van der Waals surface area contributed by atoms with Gasteiger partial charge in [0.1, 0.15) is 0 Å². The van der Waals surface area contributed by atoms with Gasteiger partial charge in [-0.3, -0.25) is 0 Å². The molecule has 1 rings (SSSR count). The molecule has 0 bridgehead atoms. The molecule has 0 aromatic heterocycles. The first-order valence-electron chi connectivity index (χ1n) is 7.82. The van der Waals surface area contributed by atoms with Crippen molar-refractivity contribution in [2.45, 2.75) is 52.6 Å². The average Bonchev–Trinajstić information content (AvgIpc) is 2.42. The maximum Gasteiger partial charge on any atom is 0.0453 e. The van der Waals surface area contributed by atoms with Crippen LogP contribution in [0.4, 0.5) is 0 Å². The molecule has 3 heteroatoms. The molecule has 1 aromatic rings. The minimum Gasteiger partial charge on any atom is -0.310 e. The van der Waals surface area contributed by atoms with E-state index in [1.165, 1.54) is 18.5 Å². The van der Waals surface area contributed by atoms with Gasteiger partial charge in [-0.1, -0.05) is 43.6 Å². The summed E-state index contributed by atoms with van der Waals surface area (Å²) >= 11 is 6.34. The summed E-state index contributed by atoms with van der Waals surface area (Å²) in [4.78, 5) is 2.54. The van der Waals surface area contributed by atoms with E-state index in [0.717, 1.165) is 24.5 Å². The van der Waals surface area contributed by atoms with Gasteiger partial charge in [0.05, 0.1) is 0 Å². The first-order chi connectivity index (χ1) is 9.60. The van der Waals surface area contributed by atoms with E-state index in [9.17, 15) is 0 Å². The zero-order chi connectivity index (χ0) is 15.0. The Morgan fingerprint density at radius 1 is 1.15 bits per heavy atom. The fraction of sp³-hybridized carbons (Fsp3) is 0.647. The average molecular weight is 297 g/mol. The van der Waals surface area contributed by atoms with Crippen LogP contribution in [0.2, 0.25) is 5.02 Å². The highest BCUT2D eigenvalue weighted by molar-refractivity contribution is 6.31. The summed E-state index contributed by atoms with van der Waals surface area (Å²) < 4.78 is 0. The molecule has 0 aliphatic heterocycles. The van der Waals surface area contributed by atoms with Gasteiger partial charge in [-0.25, -0.2) is 0 Å². The molecule has 0 fully saturated rings. The molecular weight excluding hydrogens is 268 g/mol. The Bertz CT molecular complexity index is 379. The second kappa shape index (κ2) is 9.38. The van der Waals surface area contributed by atoms with Gasteiger partial charge in [0, 0.05) is 23.7 Å². The third-order valence-electron chi connectivity index (χ3n) is 3.68. The molecule has 0 spiro atoms. The zero-order valence-corrected chi connectivity index (χ0v) is 14.1. The summed E-state index contributed by atoms with van der Waals surface area (Å²) in [5, 5.41) is 4.43. The topological polar surface area (TPSA) is 15.3 Å². The van der Waals surface area contributed by atoms with Crippen LogP contribution in [-0.2, 0) is 0 Å². The molecule has 0 heterocycles. The summed E-state index contributed by atoms with van der Waals surface area (Å²) in [6.07, 6.45) is 2.30. The minimum atomic E-state index is 0.340. The molecule has 1 unspecified atom stereocenters. The Labute approximate surface area is 129 Å². The molecule has 1 atom stereocenters. The molecule has 0 aliphatic rings. The Balaban J connectivity index is 2.70. The van der Waals surface area contributed by atoms with E-state index in [-0.39, 0.29) is 0 Å². The molecular formula is C17H29ClN2. The molecule has 0 saturated carbocycles. The van der Waals surface area contributed by atoms with Crippen LogP contribution in [-0.4, -0.2) is 30.6 Å². The quantitative estimate of drug-likeness (QED) is 0.722. The summed E-state index contributed by atoms with van der Waals surface area (Å²) in [5.74, 6) is 0. The summed E-state index contributed by atoms with van der Waals surface area (Å²) in [6, 6.07) is 9.11. The normalized spacial score (nSPS) is 13.2. The van der Waals surface area contributed by atoms with E-state index < -0.39 is 0 Å². The van der Waals surface area contributed by atoms with Gasteiger partial charge < -0.3 is 10.2 Å². The predicted octanol–water partition coefficient (Wildman–Crippen LogP) is 4.50. The van der Waals surface area contributed by atoms with E-state index in [1.807, 2.05) is 12.1 Å². The fourth-order valence-corrected chi connectivity index (χ4v) is 2.85. The summed E-state index contributed by atoms with van der Waals surface area (Å²) in [5.41, 5.74) is 1.22. The first-order valence-corrected chi connectivity index (χ1v) is 8.19.